The minimum absolute atomic E-state index is 0.0325. The molecule has 1 N–H and O–H groups in total. The van der Waals surface area contributed by atoms with E-state index in [0.717, 1.165) is 10.9 Å². The van der Waals surface area contributed by atoms with Gasteiger partial charge in [-0.25, -0.2) is 9.97 Å². The Morgan fingerprint density at radius 2 is 2.13 bits per heavy atom. The summed E-state index contributed by atoms with van der Waals surface area (Å²) < 4.78 is 55.0. The first kappa shape index (κ1) is 21.3. The van der Waals surface area contributed by atoms with Crippen LogP contribution in [0.4, 0.5) is 19.0 Å². The molecular formula is C20H22F3N5O3. The molecule has 1 unspecified atom stereocenters. The van der Waals surface area contributed by atoms with Crippen LogP contribution in [-0.2, 0) is 9.47 Å². The van der Waals surface area contributed by atoms with E-state index in [1.165, 1.54) is 6.33 Å². The zero-order valence-electron chi connectivity index (χ0n) is 17.0. The lowest BCUT2D eigenvalue weighted by Gasteiger charge is -2.34. The number of fused-ring (bicyclic) bond motifs is 1. The summed E-state index contributed by atoms with van der Waals surface area (Å²) in [4.78, 5) is 9.99. The van der Waals surface area contributed by atoms with Crippen LogP contribution in [0, 0.1) is 0 Å². The number of nitrogens with one attached hydrogen (secondary N) is 1. The molecule has 1 aliphatic heterocycles. The van der Waals surface area contributed by atoms with Crippen LogP contribution in [0.2, 0.25) is 0 Å². The van der Waals surface area contributed by atoms with Crippen LogP contribution in [0.15, 0.2) is 30.6 Å². The molecular weight excluding hydrogens is 415 g/mol. The van der Waals surface area contributed by atoms with Crippen LogP contribution >= 0.6 is 0 Å². The van der Waals surface area contributed by atoms with E-state index < -0.39 is 12.3 Å². The molecule has 3 aromatic rings. The first-order chi connectivity index (χ1) is 14.8. The van der Waals surface area contributed by atoms with Gasteiger partial charge in [0.05, 0.1) is 31.0 Å². The molecule has 166 valence electrons. The molecule has 0 radical (unpaired) electrons. The van der Waals surface area contributed by atoms with Crippen molar-refractivity contribution in [2.24, 2.45) is 0 Å². The van der Waals surface area contributed by atoms with Gasteiger partial charge in [0.25, 0.3) is 0 Å². The summed E-state index contributed by atoms with van der Waals surface area (Å²) in [6.07, 6.45) is -5.08. The Bertz CT molecular complexity index is 1040. The van der Waals surface area contributed by atoms with Gasteiger partial charge < -0.3 is 19.1 Å². The smallest absolute Gasteiger partial charge is 0.416 e. The largest absolute Gasteiger partial charge is 0.488 e. The Labute approximate surface area is 176 Å². The number of anilines is 1. The second-order valence-corrected chi connectivity index (χ2v) is 7.27. The summed E-state index contributed by atoms with van der Waals surface area (Å²) in [5, 5.41) is 8.07. The Balaban J connectivity index is 1.61. The number of rotatable bonds is 6. The third kappa shape index (κ3) is 4.72. The average Bonchev–Trinajstić information content (AvgIpc) is 3.17. The van der Waals surface area contributed by atoms with E-state index in [4.69, 9.17) is 14.2 Å². The Hall–Kier alpha value is -2.92. The Kier molecular flexibility index (Phi) is 5.96. The molecule has 0 spiro atoms. The van der Waals surface area contributed by atoms with Crippen LogP contribution < -0.4 is 9.64 Å². The molecule has 0 aliphatic carbocycles. The van der Waals surface area contributed by atoms with Gasteiger partial charge in [-0.3, -0.25) is 5.10 Å². The monoisotopic (exact) mass is 437 g/mol. The average molecular weight is 437 g/mol. The standard InChI is InChI=1S/C20H22F3N5O3/c1-12(10-29-2)31-13-3-4-15-14(7-13)19(27-26-15)16-8-18(25-11-24-16)28-5-6-30-17(9-28)20(21,22)23/h3-4,7-8,11-12,17H,5-6,9-10H2,1-2H3,(H,26,27)/t12-,17?/m0/s1. The summed E-state index contributed by atoms with van der Waals surface area (Å²) in [6.45, 7) is 2.30. The van der Waals surface area contributed by atoms with Crippen molar-refractivity contribution >= 4 is 16.7 Å². The fourth-order valence-corrected chi connectivity index (χ4v) is 3.47. The maximum absolute atomic E-state index is 13.1. The molecule has 1 saturated heterocycles. The zero-order chi connectivity index (χ0) is 22.0. The van der Waals surface area contributed by atoms with Gasteiger partial charge in [0.1, 0.15) is 29.7 Å². The first-order valence-corrected chi connectivity index (χ1v) is 9.74. The molecule has 1 aliphatic rings. The van der Waals surface area contributed by atoms with Crippen LogP contribution in [0.3, 0.4) is 0 Å². The zero-order valence-corrected chi connectivity index (χ0v) is 17.0. The second kappa shape index (κ2) is 8.67. The normalized spacial score (nSPS) is 18.4. The van der Waals surface area contributed by atoms with Crippen molar-refractivity contribution in [3.05, 3.63) is 30.6 Å². The van der Waals surface area contributed by atoms with Crippen LogP contribution in [-0.4, -0.2) is 72.0 Å². The summed E-state index contributed by atoms with van der Waals surface area (Å²) in [5.74, 6) is 1.04. The molecule has 31 heavy (non-hydrogen) atoms. The number of hydrogen-bond acceptors (Lipinski definition) is 7. The van der Waals surface area contributed by atoms with Gasteiger partial charge in [0, 0.05) is 25.1 Å². The molecule has 1 fully saturated rings. The molecule has 8 nitrogen and oxygen atoms in total. The molecule has 1 aromatic carbocycles. The minimum Gasteiger partial charge on any atom is -0.488 e. The number of benzene rings is 1. The SMILES string of the molecule is COC[C@H](C)Oc1ccc2[nH]nc(-c3cc(N4CCOC(C(F)(F)F)C4)ncn3)c2c1. The third-order valence-corrected chi connectivity index (χ3v) is 4.92. The van der Waals surface area contributed by atoms with Gasteiger partial charge in [-0.05, 0) is 25.1 Å². The van der Waals surface area contributed by atoms with Gasteiger partial charge >= 0.3 is 6.18 Å². The van der Waals surface area contributed by atoms with Crippen molar-refractivity contribution in [2.45, 2.75) is 25.3 Å². The van der Waals surface area contributed by atoms with Crippen molar-refractivity contribution < 1.29 is 27.4 Å². The van der Waals surface area contributed by atoms with E-state index in [-0.39, 0.29) is 19.3 Å². The Morgan fingerprint density at radius 1 is 1.29 bits per heavy atom. The molecule has 0 amide bonds. The van der Waals surface area contributed by atoms with E-state index in [1.807, 2.05) is 25.1 Å². The highest BCUT2D eigenvalue weighted by atomic mass is 19.4. The van der Waals surface area contributed by atoms with Gasteiger partial charge in [-0.2, -0.15) is 18.3 Å². The minimum atomic E-state index is -4.43. The topological polar surface area (TPSA) is 85.4 Å². The van der Waals surface area contributed by atoms with Crippen molar-refractivity contribution in [1.29, 1.82) is 0 Å². The molecule has 0 bridgehead atoms. The number of alkyl halides is 3. The van der Waals surface area contributed by atoms with E-state index in [1.54, 1.807) is 18.1 Å². The highest BCUT2D eigenvalue weighted by Crippen LogP contribution is 2.31. The number of aromatic nitrogens is 4. The maximum Gasteiger partial charge on any atom is 0.416 e. The van der Waals surface area contributed by atoms with E-state index in [9.17, 15) is 13.2 Å². The Morgan fingerprint density at radius 3 is 2.90 bits per heavy atom. The first-order valence-electron chi connectivity index (χ1n) is 9.74. The predicted molar refractivity (Wildman–Crippen MR) is 107 cm³/mol. The highest BCUT2D eigenvalue weighted by Gasteiger charge is 2.43. The number of ether oxygens (including phenoxy) is 3. The lowest BCUT2D eigenvalue weighted by Crippen LogP contribution is -2.49. The van der Waals surface area contributed by atoms with Crippen LogP contribution in [0.5, 0.6) is 5.75 Å². The van der Waals surface area contributed by atoms with E-state index in [2.05, 4.69) is 20.2 Å². The molecule has 3 heterocycles. The van der Waals surface area contributed by atoms with Crippen molar-refractivity contribution in [1.82, 2.24) is 20.2 Å². The molecule has 2 atom stereocenters. The lowest BCUT2D eigenvalue weighted by atomic mass is 10.1. The summed E-state index contributed by atoms with van der Waals surface area (Å²) in [5.41, 5.74) is 1.84. The predicted octanol–water partition coefficient (Wildman–Crippen LogP) is 3.20. The summed E-state index contributed by atoms with van der Waals surface area (Å²) in [6, 6.07) is 7.15. The van der Waals surface area contributed by atoms with Gasteiger partial charge in [0.15, 0.2) is 6.10 Å². The van der Waals surface area contributed by atoms with Crippen LogP contribution in [0.25, 0.3) is 22.3 Å². The van der Waals surface area contributed by atoms with Gasteiger partial charge in [-0.15, -0.1) is 0 Å². The maximum atomic E-state index is 13.1. The van der Waals surface area contributed by atoms with Crippen molar-refractivity contribution in [3.8, 4) is 17.1 Å². The molecule has 0 saturated carbocycles. The number of hydrogen-bond donors (Lipinski definition) is 1. The number of H-pyrrole nitrogens is 1. The second-order valence-electron chi connectivity index (χ2n) is 7.27. The van der Waals surface area contributed by atoms with Gasteiger partial charge in [-0.1, -0.05) is 0 Å². The van der Waals surface area contributed by atoms with E-state index >= 15 is 0 Å². The number of nitrogens with zero attached hydrogens (tertiary/aromatic N) is 4. The number of morpholine rings is 1. The summed E-state index contributed by atoms with van der Waals surface area (Å²) >= 11 is 0. The van der Waals surface area contributed by atoms with Gasteiger partial charge in [0.2, 0.25) is 0 Å². The lowest BCUT2D eigenvalue weighted by molar-refractivity contribution is -0.221. The number of aromatic amines is 1. The molecule has 4 rings (SSSR count). The van der Waals surface area contributed by atoms with Crippen molar-refractivity contribution in [2.75, 3.05) is 38.3 Å². The third-order valence-electron chi connectivity index (χ3n) is 4.92. The molecule has 2 aromatic heterocycles. The highest BCUT2D eigenvalue weighted by molar-refractivity contribution is 5.93. The molecule has 11 heteroatoms. The number of halogens is 3. The number of methoxy groups -OCH3 is 1. The van der Waals surface area contributed by atoms with Crippen LogP contribution in [0.1, 0.15) is 6.92 Å². The fraction of sp³-hybridized carbons (Fsp3) is 0.450. The fourth-order valence-electron chi connectivity index (χ4n) is 3.47. The van der Waals surface area contributed by atoms with E-state index in [0.29, 0.717) is 36.1 Å². The van der Waals surface area contributed by atoms with Crippen molar-refractivity contribution in [3.63, 3.8) is 0 Å². The quantitative estimate of drug-likeness (QED) is 0.634. The summed E-state index contributed by atoms with van der Waals surface area (Å²) in [7, 11) is 1.61.